The van der Waals surface area contributed by atoms with E-state index in [0.29, 0.717) is 30.1 Å². The number of para-hydroxylation sites is 1. The van der Waals surface area contributed by atoms with Gasteiger partial charge in [-0.2, -0.15) is 0 Å². The number of nitrogens with zero attached hydrogens (tertiary/aromatic N) is 1. The molecule has 2 aromatic rings. The number of nitrogens with one attached hydrogen (secondary N) is 1. The van der Waals surface area contributed by atoms with Crippen molar-refractivity contribution in [1.29, 1.82) is 0 Å². The van der Waals surface area contributed by atoms with Crippen molar-refractivity contribution >= 4 is 27.3 Å². The molecule has 0 radical (unpaired) electrons. The minimum absolute atomic E-state index is 0.0330. The summed E-state index contributed by atoms with van der Waals surface area (Å²) in [5, 5.41) is 0. The highest BCUT2D eigenvalue weighted by Gasteiger charge is 2.25. The number of rotatable bonds is 6. The molecule has 0 unspecified atom stereocenters. The molecule has 138 valence electrons. The largest absolute Gasteiger partial charge is 0.495 e. The monoisotopic (exact) mass is 376 g/mol. The number of hydrogen-bond donors (Lipinski definition) is 1. The molecule has 1 heterocycles. The normalized spacial score (nSPS) is 14.4. The molecule has 8 heteroatoms. The summed E-state index contributed by atoms with van der Waals surface area (Å²) in [5.74, 6) is 0.720. The summed E-state index contributed by atoms with van der Waals surface area (Å²) in [6.07, 6.45) is 1.30. The van der Waals surface area contributed by atoms with Crippen molar-refractivity contribution in [3.05, 3.63) is 42.5 Å². The maximum atomic E-state index is 12.7. The Balaban J connectivity index is 1.91. The van der Waals surface area contributed by atoms with Crippen molar-refractivity contribution < 1.29 is 22.7 Å². The highest BCUT2D eigenvalue weighted by molar-refractivity contribution is 7.92. The Kier molecular flexibility index (Phi) is 5.03. The summed E-state index contributed by atoms with van der Waals surface area (Å²) in [6.45, 7) is 0.626. The molecule has 1 saturated heterocycles. The number of carbonyl (C=O) groups excluding carboxylic acids is 1. The molecular formula is C18H20N2O5S. The number of carbonyl (C=O) groups is 1. The Labute approximate surface area is 152 Å². The molecule has 26 heavy (non-hydrogen) atoms. The van der Waals surface area contributed by atoms with Gasteiger partial charge in [-0.1, -0.05) is 12.1 Å². The van der Waals surface area contributed by atoms with Crippen LogP contribution in [0.3, 0.4) is 0 Å². The molecule has 0 saturated carbocycles. The van der Waals surface area contributed by atoms with Gasteiger partial charge >= 0.3 is 0 Å². The third kappa shape index (κ3) is 3.45. The van der Waals surface area contributed by atoms with Gasteiger partial charge in [-0.05, 0) is 30.7 Å². The molecule has 3 rings (SSSR count). The number of methoxy groups -OCH3 is 2. The Morgan fingerprint density at radius 3 is 2.42 bits per heavy atom. The maximum Gasteiger partial charge on any atom is 0.265 e. The van der Waals surface area contributed by atoms with Crippen molar-refractivity contribution in [3.63, 3.8) is 0 Å². The van der Waals surface area contributed by atoms with Crippen molar-refractivity contribution in [2.45, 2.75) is 17.7 Å². The van der Waals surface area contributed by atoms with Gasteiger partial charge in [0.1, 0.15) is 16.4 Å². The van der Waals surface area contributed by atoms with Crippen LogP contribution in [0, 0.1) is 0 Å². The molecule has 0 atom stereocenters. The van der Waals surface area contributed by atoms with Crippen LogP contribution in [0.5, 0.6) is 11.5 Å². The Bertz CT molecular complexity index is 927. The van der Waals surface area contributed by atoms with E-state index in [1.165, 1.54) is 20.3 Å². The van der Waals surface area contributed by atoms with Gasteiger partial charge in [0.25, 0.3) is 10.0 Å². The van der Waals surface area contributed by atoms with E-state index < -0.39 is 10.0 Å². The van der Waals surface area contributed by atoms with Gasteiger partial charge < -0.3 is 14.4 Å². The molecule has 1 aliphatic heterocycles. The van der Waals surface area contributed by atoms with Crippen LogP contribution < -0.4 is 19.1 Å². The van der Waals surface area contributed by atoms with Gasteiger partial charge in [0.05, 0.1) is 25.6 Å². The van der Waals surface area contributed by atoms with Crippen LogP contribution in [0.25, 0.3) is 0 Å². The summed E-state index contributed by atoms with van der Waals surface area (Å²) >= 11 is 0. The van der Waals surface area contributed by atoms with Crippen molar-refractivity contribution in [3.8, 4) is 11.5 Å². The van der Waals surface area contributed by atoms with Crippen molar-refractivity contribution in [2.75, 3.05) is 30.4 Å². The van der Waals surface area contributed by atoms with Crippen molar-refractivity contribution in [2.24, 2.45) is 0 Å². The summed E-state index contributed by atoms with van der Waals surface area (Å²) in [5.41, 5.74) is 0.971. The lowest BCUT2D eigenvalue weighted by Crippen LogP contribution is -2.24. The minimum atomic E-state index is -3.83. The topological polar surface area (TPSA) is 84.9 Å². The Morgan fingerprint density at radius 2 is 1.77 bits per heavy atom. The summed E-state index contributed by atoms with van der Waals surface area (Å²) in [4.78, 5) is 13.6. The molecule has 0 aliphatic carbocycles. The lowest BCUT2D eigenvalue weighted by atomic mass is 10.2. The van der Waals surface area contributed by atoms with Gasteiger partial charge in [-0.3, -0.25) is 9.52 Å². The average molecular weight is 376 g/mol. The minimum Gasteiger partial charge on any atom is -0.495 e. The van der Waals surface area contributed by atoms with E-state index in [0.717, 1.165) is 6.42 Å². The zero-order chi connectivity index (χ0) is 18.7. The molecule has 0 spiro atoms. The van der Waals surface area contributed by atoms with Crippen LogP contribution in [-0.4, -0.2) is 35.1 Å². The molecule has 1 N–H and O–H groups in total. The fraction of sp³-hybridized carbons (Fsp3) is 0.278. The first-order valence-corrected chi connectivity index (χ1v) is 9.59. The van der Waals surface area contributed by atoms with Gasteiger partial charge in [0, 0.05) is 19.0 Å². The maximum absolute atomic E-state index is 12.7. The SMILES string of the molecule is COc1cc(NS(=O)(=O)c2ccccc2OC)ccc1N1CCCC1=O. The first-order valence-electron chi connectivity index (χ1n) is 8.10. The molecule has 1 fully saturated rings. The highest BCUT2D eigenvalue weighted by Crippen LogP contribution is 2.35. The van der Waals surface area contributed by atoms with E-state index in [9.17, 15) is 13.2 Å². The van der Waals surface area contributed by atoms with E-state index in [4.69, 9.17) is 9.47 Å². The van der Waals surface area contributed by atoms with Crippen LogP contribution in [0.4, 0.5) is 11.4 Å². The zero-order valence-electron chi connectivity index (χ0n) is 14.6. The van der Waals surface area contributed by atoms with Gasteiger partial charge in [0.15, 0.2) is 0 Å². The molecule has 1 amide bonds. The Hall–Kier alpha value is -2.74. The summed E-state index contributed by atoms with van der Waals surface area (Å²) < 4.78 is 38.4. The second kappa shape index (κ2) is 7.25. The fourth-order valence-corrected chi connectivity index (χ4v) is 4.14. The second-order valence-electron chi connectivity index (χ2n) is 5.79. The average Bonchev–Trinajstić information content (AvgIpc) is 3.07. The Morgan fingerprint density at radius 1 is 1.04 bits per heavy atom. The van der Waals surface area contributed by atoms with E-state index in [-0.39, 0.29) is 16.6 Å². The molecule has 0 bridgehead atoms. The number of ether oxygens (including phenoxy) is 2. The predicted molar refractivity (Wildman–Crippen MR) is 98.4 cm³/mol. The van der Waals surface area contributed by atoms with Gasteiger partial charge in [0.2, 0.25) is 5.91 Å². The number of hydrogen-bond acceptors (Lipinski definition) is 5. The molecular weight excluding hydrogens is 356 g/mol. The van der Waals surface area contributed by atoms with E-state index >= 15 is 0 Å². The van der Waals surface area contributed by atoms with Crippen LogP contribution in [0.1, 0.15) is 12.8 Å². The molecule has 0 aromatic heterocycles. The smallest absolute Gasteiger partial charge is 0.265 e. The van der Waals surface area contributed by atoms with Crippen LogP contribution in [-0.2, 0) is 14.8 Å². The predicted octanol–water partition coefficient (Wildman–Crippen LogP) is 2.63. The summed E-state index contributed by atoms with van der Waals surface area (Å²) in [7, 11) is -0.935. The lowest BCUT2D eigenvalue weighted by molar-refractivity contribution is -0.117. The van der Waals surface area contributed by atoms with Crippen LogP contribution in [0.15, 0.2) is 47.4 Å². The quantitative estimate of drug-likeness (QED) is 0.838. The van der Waals surface area contributed by atoms with E-state index in [1.807, 2.05) is 0 Å². The molecule has 7 nitrogen and oxygen atoms in total. The number of sulfonamides is 1. The van der Waals surface area contributed by atoms with Gasteiger partial charge in [-0.25, -0.2) is 8.42 Å². The van der Waals surface area contributed by atoms with Gasteiger partial charge in [-0.15, -0.1) is 0 Å². The zero-order valence-corrected chi connectivity index (χ0v) is 15.4. The number of anilines is 2. The third-order valence-electron chi connectivity index (χ3n) is 4.15. The number of benzene rings is 2. The molecule has 1 aliphatic rings. The third-order valence-corrected chi connectivity index (χ3v) is 5.58. The van der Waals surface area contributed by atoms with Crippen molar-refractivity contribution in [1.82, 2.24) is 0 Å². The first-order chi connectivity index (χ1) is 12.5. The summed E-state index contributed by atoms with van der Waals surface area (Å²) in [6, 6.07) is 11.2. The standard InChI is InChI=1S/C18H20N2O5S/c1-24-15-6-3-4-7-17(15)26(22,23)19-13-9-10-14(16(12-13)25-2)20-11-5-8-18(20)21/h3-4,6-7,9-10,12,19H,5,8,11H2,1-2H3. The number of amides is 1. The van der Waals surface area contributed by atoms with E-state index in [2.05, 4.69) is 4.72 Å². The van der Waals surface area contributed by atoms with Crippen LogP contribution in [0.2, 0.25) is 0 Å². The van der Waals surface area contributed by atoms with E-state index in [1.54, 1.807) is 41.3 Å². The lowest BCUT2D eigenvalue weighted by Gasteiger charge is -2.20. The molecule has 2 aromatic carbocycles. The fourth-order valence-electron chi connectivity index (χ4n) is 2.92. The highest BCUT2D eigenvalue weighted by atomic mass is 32.2. The first kappa shape index (κ1) is 18.1. The second-order valence-corrected chi connectivity index (χ2v) is 7.44. The van der Waals surface area contributed by atoms with Crippen LogP contribution >= 0.6 is 0 Å².